The maximum Gasteiger partial charge on any atom is 0.243 e. The summed E-state index contributed by atoms with van der Waals surface area (Å²) in [5.74, 6) is 0.618. The Labute approximate surface area is 135 Å². The van der Waals surface area contributed by atoms with Crippen LogP contribution in [0, 0.1) is 0 Å². The molecule has 8 heteroatoms. The van der Waals surface area contributed by atoms with Crippen molar-refractivity contribution in [3.05, 3.63) is 42.2 Å². The molecule has 1 aromatic carbocycles. The quantitative estimate of drug-likeness (QED) is 0.814. The average molecular weight is 337 g/mol. The van der Waals surface area contributed by atoms with Crippen LogP contribution in [-0.4, -0.2) is 48.8 Å². The molecule has 0 spiro atoms. The van der Waals surface area contributed by atoms with E-state index in [4.69, 9.17) is 9.47 Å². The highest BCUT2D eigenvalue weighted by Gasteiger charge is 2.26. The van der Waals surface area contributed by atoms with E-state index < -0.39 is 10.0 Å². The molecule has 0 amide bonds. The normalized spacial score (nSPS) is 16.4. The molecule has 1 aliphatic rings. The van der Waals surface area contributed by atoms with Gasteiger partial charge in [-0.3, -0.25) is 4.68 Å². The molecule has 23 heavy (non-hydrogen) atoms. The van der Waals surface area contributed by atoms with Crippen molar-refractivity contribution in [1.82, 2.24) is 14.1 Å². The number of benzene rings is 1. The standard InChI is InChI=1S/C15H19N3O4S/c1-17-13(6-7-16-17)12-22-14-2-4-15(5-3-14)23(19,20)18-8-10-21-11-9-18/h2-7H,8-12H2,1H3. The molecule has 0 radical (unpaired) electrons. The molecule has 0 bridgehead atoms. The molecular weight excluding hydrogens is 318 g/mol. The van der Waals surface area contributed by atoms with E-state index in [0.29, 0.717) is 38.7 Å². The van der Waals surface area contributed by atoms with Crippen LogP contribution < -0.4 is 4.74 Å². The summed E-state index contributed by atoms with van der Waals surface area (Å²) in [6, 6.07) is 8.36. The second-order valence-corrected chi connectivity index (χ2v) is 7.16. The van der Waals surface area contributed by atoms with Crippen molar-refractivity contribution in [2.45, 2.75) is 11.5 Å². The second kappa shape index (κ2) is 6.69. The molecule has 1 fully saturated rings. The molecule has 124 valence electrons. The molecule has 0 aliphatic carbocycles. The summed E-state index contributed by atoms with van der Waals surface area (Å²) in [5.41, 5.74) is 0.940. The molecule has 0 unspecified atom stereocenters. The fourth-order valence-corrected chi connectivity index (χ4v) is 3.75. The number of sulfonamides is 1. The van der Waals surface area contributed by atoms with Crippen molar-refractivity contribution in [2.75, 3.05) is 26.3 Å². The number of hydrogen-bond donors (Lipinski definition) is 0. The van der Waals surface area contributed by atoms with E-state index in [1.807, 2.05) is 13.1 Å². The van der Waals surface area contributed by atoms with Gasteiger partial charge in [-0.25, -0.2) is 8.42 Å². The van der Waals surface area contributed by atoms with E-state index in [9.17, 15) is 8.42 Å². The van der Waals surface area contributed by atoms with Gasteiger partial charge in [-0.1, -0.05) is 0 Å². The first kappa shape index (κ1) is 16.0. The summed E-state index contributed by atoms with van der Waals surface area (Å²) in [5, 5.41) is 4.07. The van der Waals surface area contributed by atoms with E-state index >= 15 is 0 Å². The first-order chi connectivity index (χ1) is 11.1. The molecule has 1 aliphatic heterocycles. The minimum absolute atomic E-state index is 0.271. The van der Waals surface area contributed by atoms with Crippen molar-refractivity contribution in [2.24, 2.45) is 7.05 Å². The summed E-state index contributed by atoms with van der Waals surface area (Å²) >= 11 is 0. The Morgan fingerprint density at radius 3 is 2.48 bits per heavy atom. The lowest BCUT2D eigenvalue weighted by Crippen LogP contribution is -2.40. The average Bonchev–Trinajstić information content (AvgIpc) is 2.99. The van der Waals surface area contributed by atoms with Gasteiger partial charge >= 0.3 is 0 Å². The number of ether oxygens (including phenoxy) is 2. The summed E-state index contributed by atoms with van der Waals surface area (Å²) in [6.07, 6.45) is 1.71. The van der Waals surface area contributed by atoms with Crippen LogP contribution in [0.25, 0.3) is 0 Å². The van der Waals surface area contributed by atoms with Crippen LogP contribution in [0.4, 0.5) is 0 Å². The monoisotopic (exact) mass is 337 g/mol. The van der Waals surface area contributed by atoms with Crippen LogP contribution in [0.3, 0.4) is 0 Å². The molecule has 1 saturated heterocycles. The minimum atomic E-state index is -3.46. The largest absolute Gasteiger partial charge is 0.487 e. The zero-order valence-corrected chi connectivity index (χ0v) is 13.7. The van der Waals surface area contributed by atoms with E-state index in [2.05, 4.69) is 5.10 Å². The van der Waals surface area contributed by atoms with Crippen molar-refractivity contribution in [3.63, 3.8) is 0 Å². The molecule has 7 nitrogen and oxygen atoms in total. The van der Waals surface area contributed by atoms with Crippen molar-refractivity contribution >= 4 is 10.0 Å². The zero-order chi connectivity index (χ0) is 16.3. The SMILES string of the molecule is Cn1nccc1COc1ccc(S(=O)(=O)N2CCOCC2)cc1. The molecule has 3 rings (SSSR count). The van der Waals surface area contributed by atoms with E-state index in [0.717, 1.165) is 5.69 Å². The molecule has 0 atom stereocenters. The molecule has 2 heterocycles. The van der Waals surface area contributed by atoms with Gasteiger partial charge in [0.2, 0.25) is 10.0 Å². The van der Waals surface area contributed by atoms with Gasteiger partial charge in [0.25, 0.3) is 0 Å². The van der Waals surface area contributed by atoms with Crippen LogP contribution in [0.1, 0.15) is 5.69 Å². The van der Waals surface area contributed by atoms with Crippen molar-refractivity contribution in [3.8, 4) is 5.75 Å². The maximum atomic E-state index is 12.5. The van der Waals surface area contributed by atoms with Crippen LogP contribution in [0.15, 0.2) is 41.4 Å². The number of rotatable bonds is 5. The van der Waals surface area contributed by atoms with Gasteiger partial charge in [-0.2, -0.15) is 9.40 Å². The summed E-state index contributed by atoms with van der Waals surface area (Å²) in [6.45, 7) is 2.03. The number of aryl methyl sites for hydroxylation is 1. The van der Waals surface area contributed by atoms with Crippen LogP contribution in [0.5, 0.6) is 5.75 Å². The molecule has 2 aromatic rings. The van der Waals surface area contributed by atoms with E-state index in [1.165, 1.54) is 4.31 Å². The Morgan fingerprint density at radius 2 is 1.87 bits per heavy atom. The fraction of sp³-hybridized carbons (Fsp3) is 0.400. The van der Waals surface area contributed by atoms with Crippen LogP contribution >= 0.6 is 0 Å². The van der Waals surface area contributed by atoms with Crippen molar-refractivity contribution < 1.29 is 17.9 Å². The van der Waals surface area contributed by atoms with E-state index in [1.54, 1.807) is 35.1 Å². The van der Waals surface area contributed by atoms with Gasteiger partial charge in [0.05, 0.1) is 23.8 Å². The van der Waals surface area contributed by atoms with Gasteiger partial charge in [0, 0.05) is 26.3 Å². The van der Waals surface area contributed by atoms with Gasteiger partial charge in [0.15, 0.2) is 0 Å². The lowest BCUT2D eigenvalue weighted by Gasteiger charge is -2.26. The summed E-state index contributed by atoms with van der Waals surface area (Å²) in [4.78, 5) is 0.271. The van der Waals surface area contributed by atoms with E-state index in [-0.39, 0.29) is 4.90 Å². The molecule has 1 aromatic heterocycles. The van der Waals surface area contributed by atoms with Crippen molar-refractivity contribution in [1.29, 1.82) is 0 Å². The lowest BCUT2D eigenvalue weighted by molar-refractivity contribution is 0.0730. The Kier molecular flexibility index (Phi) is 4.65. The number of aromatic nitrogens is 2. The smallest absolute Gasteiger partial charge is 0.243 e. The second-order valence-electron chi connectivity index (χ2n) is 5.22. The van der Waals surface area contributed by atoms with Gasteiger partial charge in [-0.05, 0) is 30.3 Å². The summed E-state index contributed by atoms with van der Waals surface area (Å²) < 4.78 is 39.0. The molecule has 0 saturated carbocycles. The Hall–Kier alpha value is -1.90. The van der Waals surface area contributed by atoms with Gasteiger partial charge in [-0.15, -0.1) is 0 Å². The minimum Gasteiger partial charge on any atom is -0.487 e. The first-order valence-corrected chi connectivity index (χ1v) is 8.79. The Morgan fingerprint density at radius 1 is 1.17 bits per heavy atom. The lowest BCUT2D eigenvalue weighted by atomic mass is 10.3. The number of hydrogen-bond acceptors (Lipinski definition) is 5. The number of morpholine rings is 1. The van der Waals surface area contributed by atoms with Gasteiger partial charge in [0.1, 0.15) is 12.4 Å². The number of nitrogens with zero attached hydrogens (tertiary/aromatic N) is 3. The topological polar surface area (TPSA) is 73.7 Å². The van der Waals surface area contributed by atoms with Crippen LogP contribution in [-0.2, 0) is 28.4 Å². The predicted molar refractivity (Wildman–Crippen MR) is 83.6 cm³/mol. The molecule has 0 N–H and O–H groups in total. The maximum absolute atomic E-state index is 12.5. The zero-order valence-electron chi connectivity index (χ0n) is 12.9. The third-order valence-corrected chi connectivity index (χ3v) is 5.65. The van der Waals surface area contributed by atoms with Gasteiger partial charge < -0.3 is 9.47 Å². The highest BCUT2D eigenvalue weighted by molar-refractivity contribution is 7.89. The third-order valence-electron chi connectivity index (χ3n) is 3.74. The molecular formula is C15H19N3O4S. The fourth-order valence-electron chi connectivity index (χ4n) is 2.34. The first-order valence-electron chi connectivity index (χ1n) is 7.35. The summed E-state index contributed by atoms with van der Waals surface area (Å²) in [7, 11) is -1.62. The highest BCUT2D eigenvalue weighted by Crippen LogP contribution is 2.21. The Bertz CT molecular complexity index is 749. The Balaban J connectivity index is 1.68. The highest BCUT2D eigenvalue weighted by atomic mass is 32.2. The van der Waals surface area contributed by atoms with Crippen LogP contribution in [0.2, 0.25) is 0 Å². The third kappa shape index (κ3) is 3.54. The predicted octanol–water partition coefficient (Wildman–Crippen LogP) is 1.02.